The number of nitriles is 1. The third kappa shape index (κ3) is 5.97. The molecule has 0 saturated carbocycles. The number of halogens is 2. The van der Waals surface area contributed by atoms with E-state index in [0.29, 0.717) is 27.8 Å². The molecule has 1 heterocycles. The van der Waals surface area contributed by atoms with E-state index in [2.05, 4.69) is 20.8 Å². The largest absolute Gasteiger partial charge is 0.489 e. The fraction of sp³-hybridized carbons (Fsp3) is 0.160. The van der Waals surface area contributed by atoms with Crippen LogP contribution >= 0.6 is 23.2 Å². The second kappa shape index (κ2) is 11.0. The minimum atomic E-state index is -3.48. The number of nitrogens with zero attached hydrogens (tertiary/aromatic N) is 3. The molecule has 0 aliphatic rings. The first-order chi connectivity index (χ1) is 17.3. The van der Waals surface area contributed by atoms with Crippen LogP contribution in [0.15, 0.2) is 60.8 Å². The van der Waals surface area contributed by atoms with Crippen LogP contribution in [0.3, 0.4) is 0 Å². The number of alkyl halides is 1. The number of aromatic nitrogens is 2. The molecular formula is C25H20Cl2N4O4S. The van der Waals surface area contributed by atoms with Crippen LogP contribution in [-0.2, 0) is 16.6 Å². The summed E-state index contributed by atoms with van der Waals surface area (Å²) in [6.07, 6.45) is 2.48. The van der Waals surface area contributed by atoms with Gasteiger partial charge in [-0.15, -0.1) is 11.6 Å². The van der Waals surface area contributed by atoms with E-state index in [-0.39, 0.29) is 25.0 Å². The van der Waals surface area contributed by atoms with Gasteiger partial charge in [0.05, 0.1) is 22.9 Å². The summed E-state index contributed by atoms with van der Waals surface area (Å²) in [7, 11) is -3.48. The van der Waals surface area contributed by atoms with E-state index in [4.69, 9.17) is 32.7 Å². The van der Waals surface area contributed by atoms with Gasteiger partial charge in [-0.05, 0) is 40.8 Å². The summed E-state index contributed by atoms with van der Waals surface area (Å²) in [6, 6.07) is 18.7. The average Bonchev–Trinajstić information content (AvgIpc) is 2.85. The molecule has 4 aromatic rings. The standard InChI is InChI=1S/C25H20Cl2N4O4S/c1-36(32,33)31-25-29-11-9-17(30-25)15-35-18-7-5-16(6-8-18)19-3-2-4-20-21(19)13-23(27)24(22(20)14-28)34-12-10-26/h2-9,11,13H,10,12,15H2,1H3,(H,29,30,31). The summed E-state index contributed by atoms with van der Waals surface area (Å²) >= 11 is 12.2. The van der Waals surface area contributed by atoms with Gasteiger partial charge >= 0.3 is 0 Å². The van der Waals surface area contributed by atoms with Crippen LogP contribution in [0.4, 0.5) is 5.95 Å². The smallest absolute Gasteiger partial charge is 0.236 e. The first-order valence-electron chi connectivity index (χ1n) is 10.7. The fourth-order valence-corrected chi connectivity index (χ4v) is 4.36. The van der Waals surface area contributed by atoms with Crippen molar-refractivity contribution >= 4 is 49.9 Å². The molecule has 8 nitrogen and oxygen atoms in total. The summed E-state index contributed by atoms with van der Waals surface area (Å²) in [5.41, 5.74) is 2.68. The van der Waals surface area contributed by atoms with Gasteiger partial charge in [-0.1, -0.05) is 41.9 Å². The van der Waals surface area contributed by atoms with Crippen molar-refractivity contribution in [3.05, 3.63) is 77.1 Å². The molecule has 0 unspecified atom stereocenters. The molecule has 3 aromatic carbocycles. The van der Waals surface area contributed by atoms with E-state index in [1.54, 1.807) is 12.1 Å². The number of anilines is 1. The van der Waals surface area contributed by atoms with Crippen molar-refractivity contribution in [2.45, 2.75) is 6.61 Å². The van der Waals surface area contributed by atoms with Crippen molar-refractivity contribution < 1.29 is 17.9 Å². The Morgan fingerprint density at radius 3 is 2.56 bits per heavy atom. The maximum Gasteiger partial charge on any atom is 0.236 e. The first-order valence-corrected chi connectivity index (χ1v) is 13.5. The van der Waals surface area contributed by atoms with E-state index in [0.717, 1.165) is 28.2 Å². The number of sulfonamides is 1. The zero-order valence-electron chi connectivity index (χ0n) is 19.0. The van der Waals surface area contributed by atoms with E-state index in [1.807, 2.05) is 42.5 Å². The Morgan fingerprint density at radius 2 is 1.86 bits per heavy atom. The molecule has 4 rings (SSSR count). The predicted octanol–water partition coefficient (Wildman–Crippen LogP) is 5.39. The van der Waals surface area contributed by atoms with Crippen LogP contribution in [0.2, 0.25) is 5.02 Å². The van der Waals surface area contributed by atoms with Gasteiger partial charge in [-0.3, -0.25) is 4.72 Å². The van der Waals surface area contributed by atoms with Gasteiger partial charge < -0.3 is 9.47 Å². The van der Waals surface area contributed by atoms with Gasteiger partial charge in [0.1, 0.15) is 30.6 Å². The second-order valence-electron chi connectivity index (χ2n) is 7.67. The number of rotatable bonds is 9. The number of ether oxygens (including phenoxy) is 2. The fourth-order valence-electron chi connectivity index (χ4n) is 3.60. The highest BCUT2D eigenvalue weighted by atomic mass is 35.5. The molecule has 11 heteroatoms. The van der Waals surface area contributed by atoms with Crippen molar-refractivity contribution in [3.8, 4) is 28.7 Å². The topological polar surface area (TPSA) is 114 Å². The lowest BCUT2D eigenvalue weighted by Crippen LogP contribution is -2.13. The number of nitrogens with one attached hydrogen (secondary N) is 1. The predicted molar refractivity (Wildman–Crippen MR) is 140 cm³/mol. The lowest BCUT2D eigenvalue weighted by atomic mass is 9.95. The molecule has 0 radical (unpaired) electrons. The van der Waals surface area contributed by atoms with Crippen LogP contribution in [0, 0.1) is 11.3 Å². The Labute approximate surface area is 218 Å². The Kier molecular flexibility index (Phi) is 7.79. The molecule has 36 heavy (non-hydrogen) atoms. The quantitative estimate of drug-likeness (QED) is 0.282. The zero-order valence-corrected chi connectivity index (χ0v) is 21.4. The third-order valence-electron chi connectivity index (χ3n) is 5.07. The third-order valence-corrected chi connectivity index (χ3v) is 6.06. The minimum Gasteiger partial charge on any atom is -0.489 e. The molecule has 0 aliphatic carbocycles. The molecule has 0 saturated heterocycles. The highest BCUT2D eigenvalue weighted by Gasteiger charge is 2.16. The number of fused-ring (bicyclic) bond motifs is 1. The molecule has 0 spiro atoms. The summed E-state index contributed by atoms with van der Waals surface area (Å²) in [6.45, 7) is 0.369. The van der Waals surface area contributed by atoms with Gasteiger partial charge in [0.2, 0.25) is 16.0 Å². The van der Waals surface area contributed by atoms with Gasteiger partial charge in [-0.25, -0.2) is 18.4 Å². The molecule has 0 aliphatic heterocycles. The lowest BCUT2D eigenvalue weighted by Gasteiger charge is -2.14. The summed E-state index contributed by atoms with van der Waals surface area (Å²) < 4.78 is 36.4. The van der Waals surface area contributed by atoms with Crippen molar-refractivity contribution in [2.75, 3.05) is 23.5 Å². The lowest BCUT2D eigenvalue weighted by molar-refractivity contribution is 0.301. The first kappa shape index (κ1) is 25.5. The second-order valence-corrected chi connectivity index (χ2v) is 10.2. The van der Waals surface area contributed by atoms with Gasteiger partial charge in [0.25, 0.3) is 0 Å². The Balaban J connectivity index is 1.57. The summed E-state index contributed by atoms with van der Waals surface area (Å²) in [5, 5.41) is 11.7. The van der Waals surface area contributed by atoms with Gasteiger partial charge in [-0.2, -0.15) is 5.26 Å². The van der Waals surface area contributed by atoms with Crippen LogP contribution in [0.1, 0.15) is 11.3 Å². The van der Waals surface area contributed by atoms with Crippen molar-refractivity contribution in [1.29, 1.82) is 5.26 Å². The van der Waals surface area contributed by atoms with E-state index >= 15 is 0 Å². The van der Waals surface area contributed by atoms with Crippen molar-refractivity contribution in [1.82, 2.24) is 9.97 Å². The maximum atomic E-state index is 11.4. The van der Waals surface area contributed by atoms with Crippen molar-refractivity contribution in [2.24, 2.45) is 0 Å². The van der Waals surface area contributed by atoms with E-state index in [9.17, 15) is 13.7 Å². The van der Waals surface area contributed by atoms with Crippen LogP contribution in [0.25, 0.3) is 21.9 Å². The molecule has 0 atom stereocenters. The minimum absolute atomic E-state index is 0.0171. The Bertz CT molecular complexity index is 1560. The molecule has 1 N–H and O–H groups in total. The van der Waals surface area contributed by atoms with Gasteiger partial charge in [0, 0.05) is 11.6 Å². The van der Waals surface area contributed by atoms with E-state index < -0.39 is 10.0 Å². The number of benzene rings is 3. The Morgan fingerprint density at radius 1 is 1.08 bits per heavy atom. The van der Waals surface area contributed by atoms with E-state index in [1.165, 1.54) is 6.20 Å². The number of hydrogen-bond donors (Lipinski definition) is 1. The monoisotopic (exact) mass is 542 g/mol. The molecule has 1 aromatic heterocycles. The average molecular weight is 543 g/mol. The Hall–Kier alpha value is -3.58. The van der Waals surface area contributed by atoms with Crippen LogP contribution in [0.5, 0.6) is 11.5 Å². The molecule has 184 valence electrons. The highest BCUT2D eigenvalue weighted by Crippen LogP contribution is 2.39. The number of hydrogen-bond acceptors (Lipinski definition) is 7. The molecule has 0 amide bonds. The van der Waals surface area contributed by atoms with Crippen LogP contribution in [-0.4, -0.2) is 37.1 Å². The zero-order chi connectivity index (χ0) is 25.7. The maximum absolute atomic E-state index is 11.4. The van der Waals surface area contributed by atoms with Crippen LogP contribution < -0.4 is 14.2 Å². The molecule has 0 bridgehead atoms. The normalized spacial score (nSPS) is 11.2. The molecule has 0 fully saturated rings. The van der Waals surface area contributed by atoms with Gasteiger partial charge in [0.15, 0.2) is 5.75 Å². The molecular weight excluding hydrogens is 523 g/mol. The summed E-state index contributed by atoms with van der Waals surface area (Å²) in [5.74, 6) is 1.19. The summed E-state index contributed by atoms with van der Waals surface area (Å²) in [4.78, 5) is 8.03. The highest BCUT2D eigenvalue weighted by molar-refractivity contribution is 7.91. The van der Waals surface area contributed by atoms with Crippen molar-refractivity contribution in [3.63, 3.8) is 0 Å². The SMILES string of the molecule is CS(=O)(=O)Nc1nccc(COc2ccc(-c3cccc4c(C#N)c(OCCCl)c(Cl)cc34)cc2)n1.